The zero-order chi connectivity index (χ0) is 19.1. The van der Waals surface area contributed by atoms with E-state index in [1.165, 1.54) is 0 Å². The monoisotopic (exact) mass is 355 g/mol. The van der Waals surface area contributed by atoms with Crippen LogP contribution in [0.15, 0.2) is 42.5 Å². The minimum atomic E-state index is -0.848. The highest BCUT2D eigenvalue weighted by Crippen LogP contribution is 2.17. The van der Waals surface area contributed by atoms with Crippen LogP contribution in [0.3, 0.4) is 0 Å². The Morgan fingerprint density at radius 3 is 2.38 bits per heavy atom. The Kier molecular flexibility index (Phi) is 6.78. The summed E-state index contributed by atoms with van der Waals surface area (Å²) in [5.41, 5.74) is 3.83. The third-order valence-corrected chi connectivity index (χ3v) is 4.09. The van der Waals surface area contributed by atoms with Crippen molar-refractivity contribution in [2.24, 2.45) is 0 Å². The van der Waals surface area contributed by atoms with Gasteiger partial charge < -0.3 is 14.8 Å². The lowest BCUT2D eigenvalue weighted by Crippen LogP contribution is -2.30. The minimum Gasteiger partial charge on any atom is -0.497 e. The number of nitrogens with one attached hydrogen (secondary N) is 1. The van der Waals surface area contributed by atoms with Crippen molar-refractivity contribution in [2.75, 3.05) is 12.4 Å². The second kappa shape index (κ2) is 9.04. The summed E-state index contributed by atoms with van der Waals surface area (Å²) in [7, 11) is 1.61. The van der Waals surface area contributed by atoms with E-state index in [9.17, 15) is 9.59 Å². The predicted octanol–water partition coefficient (Wildman–Crippen LogP) is 3.82. The summed E-state index contributed by atoms with van der Waals surface area (Å²) < 4.78 is 10.3. The molecule has 5 heteroatoms. The lowest BCUT2D eigenvalue weighted by Gasteiger charge is -2.15. The van der Waals surface area contributed by atoms with E-state index < -0.39 is 12.1 Å². The smallest absolute Gasteiger partial charge is 0.306 e. The molecule has 0 aromatic heterocycles. The molecule has 0 aliphatic rings. The first-order valence-corrected chi connectivity index (χ1v) is 8.59. The first-order valence-electron chi connectivity index (χ1n) is 8.59. The zero-order valence-electron chi connectivity index (χ0n) is 15.7. The first-order chi connectivity index (χ1) is 12.4. The van der Waals surface area contributed by atoms with E-state index in [-0.39, 0.29) is 12.3 Å². The van der Waals surface area contributed by atoms with Gasteiger partial charge in [-0.1, -0.05) is 29.8 Å². The van der Waals surface area contributed by atoms with Gasteiger partial charge in [0.2, 0.25) is 0 Å². The molecule has 0 spiro atoms. The highest BCUT2D eigenvalue weighted by molar-refractivity contribution is 5.95. The predicted molar refractivity (Wildman–Crippen MR) is 101 cm³/mol. The Hall–Kier alpha value is -2.82. The van der Waals surface area contributed by atoms with Gasteiger partial charge in [-0.15, -0.1) is 0 Å². The molecule has 1 atom stereocenters. The Bertz CT molecular complexity index is 768. The van der Waals surface area contributed by atoms with Crippen LogP contribution in [0.2, 0.25) is 0 Å². The molecule has 26 heavy (non-hydrogen) atoms. The lowest BCUT2D eigenvalue weighted by atomic mass is 10.1. The Balaban J connectivity index is 1.82. The van der Waals surface area contributed by atoms with E-state index >= 15 is 0 Å². The number of benzene rings is 2. The lowest BCUT2D eigenvalue weighted by molar-refractivity contribution is -0.153. The van der Waals surface area contributed by atoms with Crippen molar-refractivity contribution >= 4 is 17.6 Å². The van der Waals surface area contributed by atoms with E-state index in [1.54, 1.807) is 14.0 Å². The summed E-state index contributed by atoms with van der Waals surface area (Å²) in [6.45, 7) is 5.49. The normalized spacial score (nSPS) is 11.5. The molecule has 0 radical (unpaired) electrons. The van der Waals surface area contributed by atoms with E-state index in [0.29, 0.717) is 6.42 Å². The van der Waals surface area contributed by atoms with Crippen LogP contribution in [-0.4, -0.2) is 25.1 Å². The summed E-state index contributed by atoms with van der Waals surface area (Å²) in [6.07, 6.45) is -0.0825. The fourth-order valence-electron chi connectivity index (χ4n) is 2.54. The molecule has 1 amide bonds. The van der Waals surface area contributed by atoms with Gasteiger partial charge in [-0.2, -0.15) is 0 Å². The van der Waals surface area contributed by atoms with Gasteiger partial charge >= 0.3 is 5.97 Å². The maximum absolute atomic E-state index is 12.2. The fraction of sp³-hybridized carbons (Fsp3) is 0.333. The molecule has 0 aliphatic carbocycles. The van der Waals surface area contributed by atoms with Gasteiger partial charge in [-0.25, -0.2) is 0 Å². The molecule has 138 valence electrons. The van der Waals surface area contributed by atoms with Crippen LogP contribution in [0.4, 0.5) is 5.69 Å². The number of carbonyl (C=O) groups excluding carboxylic acids is 2. The van der Waals surface area contributed by atoms with E-state index in [0.717, 1.165) is 28.1 Å². The molecular weight excluding hydrogens is 330 g/mol. The van der Waals surface area contributed by atoms with Crippen molar-refractivity contribution in [3.63, 3.8) is 0 Å². The van der Waals surface area contributed by atoms with Crippen molar-refractivity contribution < 1.29 is 19.1 Å². The summed E-state index contributed by atoms with van der Waals surface area (Å²) >= 11 is 0. The van der Waals surface area contributed by atoms with E-state index in [2.05, 4.69) is 5.32 Å². The van der Waals surface area contributed by atoms with Crippen LogP contribution >= 0.6 is 0 Å². The number of rotatable bonds is 7. The number of amides is 1. The standard InChI is InChI=1S/C21H25NO4/c1-14-5-11-19(15(2)13-14)22-21(24)16(3)26-20(23)12-8-17-6-9-18(25-4)10-7-17/h5-7,9-11,13,16H,8,12H2,1-4H3,(H,22,24)/t16-/m1/s1. The summed E-state index contributed by atoms with van der Waals surface area (Å²) in [4.78, 5) is 24.2. The topological polar surface area (TPSA) is 64.6 Å². The number of ether oxygens (including phenoxy) is 2. The summed E-state index contributed by atoms with van der Waals surface area (Å²) in [6, 6.07) is 13.3. The van der Waals surface area contributed by atoms with E-state index in [1.807, 2.05) is 56.3 Å². The maximum atomic E-state index is 12.2. The second-order valence-corrected chi connectivity index (χ2v) is 6.29. The van der Waals surface area contributed by atoms with Crippen molar-refractivity contribution in [3.8, 4) is 5.75 Å². The van der Waals surface area contributed by atoms with Crippen molar-refractivity contribution in [1.29, 1.82) is 0 Å². The zero-order valence-corrected chi connectivity index (χ0v) is 15.7. The van der Waals surface area contributed by atoms with Gasteiger partial charge in [-0.3, -0.25) is 9.59 Å². The van der Waals surface area contributed by atoms with Crippen LogP contribution in [0.1, 0.15) is 30.0 Å². The minimum absolute atomic E-state index is 0.216. The Morgan fingerprint density at radius 1 is 1.08 bits per heavy atom. The number of esters is 1. The van der Waals surface area contributed by atoms with Gasteiger partial charge in [0.15, 0.2) is 6.10 Å². The average molecular weight is 355 g/mol. The molecule has 2 aromatic carbocycles. The molecule has 1 N–H and O–H groups in total. The number of anilines is 1. The molecule has 0 unspecified atom stereocenters. The van der Waals surface area contributed by atoms with Crippen LogP contribution in [-0.2, 0) is 20.7 Å². The molecule has 2 rings (SSSR count). The highest BCUT2D eigenvalue weighted by atomic mass is 16.5. The fourth-order valence-corrected chi connectivity index (χ4v) is 2.54. The van der Waals surface area contributed by atoms with Crippen LogP contribution in [0.5, 0.6) is 5.75 Å². The summed E-state index contributed by atoms with van der Waals surface area (Å²) in [5, 5.41) is 2.80. The second-order valence-electron chi connectivity index (χ2n) is 6.29. The molecule has 0 saturated heterocycles. The number of carbonyl (C=O) groups is 2. The number of methoxy groups -OCH3 is 1. The van der Waals surface area contributed by atoms with Crippen LogP contribution in [0, 0.1) is 13.8 Å². The number of hydrogen-bond donors (Lipinski definition) is 1. The molecule has 0 bridgehead atoms. The number of aryl methyl sites for hydroxylation is 3. The average Bonchev–Trinajstić information content (AvgIpc) is 2.62. The molecule has 0 heterocycles. The van der Waals surface area contributed by atoms with Gasteiger partial charge in [0.1, 0.15) is 5.75 Å². The number of hydrogen-bond acceptors (Lipinski definition) is 4. The van der Waals surface area contributed by atoms with Gasteiger partial charge in [0.05, 0.1) is 7.11 Å². The van der Waals surface area contributed by atoms with Crippen molar-refractivity contribution in [1.82, 2.24) is 0 Å². The van der Waals surface area contributed by atoms with Crippen molar-refractivity contribution in [2.45, 2.75) is 39.7 Å². The molecule has 0 aliphatic heterocycles. The van der Waals surface area contributed by atoms with Crippen molar-refractivity contribution in [3.05, 3.63) is 59.2 Å². The molecule has 0 saturated carbocycles. The first kappa shape index (κ1) is 19.5. The third kappa shape index (κ3) is 5.62. The molecule has 0 fully saturated rings. The van der Waals surface area contributed by atoms with Gasteiger partial charge in [0, 0.05) is 12.1 Å². The highest BCUT2D eigenvalue weighted by Gasteiger charge is 2.18. The van der Waals surface area contributed by atoms with Crippen LogP contribution in [0.25, 0.3) is 0 Å². The largest absolute Gasteiger partial charge is 0.497 e. The van der Waals surface area contributed by atoms with Gasteiger partial charge in [0.25, 0.3) is 5.91 Å². The Labute approximate surface area is 154 Å². The van der Waals surface area contributed by atoms with E-state index in [4.69, 9.17) is 9.47 Å². The molecule has 2 aromatic rings. The quantitative estimate of drug-likeness (QED) is 0.767. The summed E-state index contributed by atoms with van der Waals surface area (Å²) in [5.74, 6) is 0.0341. The Morgan fingerprint density at radius 2 is 1.77 bits per heavy atom. The third-order valence-electron chi connectivity index (χ3n) is 4.09. The SMILES string of the molecule is COc1ccc(CCC(=O)O[C@H](C)C(=O)Nc2ccc(C)cc2C)cc1. The van der Waals surface area contributed by atoms with Gasteiger partial charge in [-0.05, 0) is 56.5 Å². The maximum Gasteiger partial charge on any atom is 0.306 e. The molecular formula is C21H25NO4. The molecule has 5 nitrogen and oxygen atoms in total. The van der Waals surface area contributed by atoms with Crippen LogP contribution < -0.4 is 10.1 Å².